The van der Waals surface area contributed by atoms with Gasteiger partial charge >= 0.3 is 0 Å². The van der Waals surface area contributed by atoms with Crippen LogP contribution in [0.1, 0.15) is 19.8 Å². The molecule has 2 unspecified atom stereocenters. The summed E-state index contributed by atoms with van der Waals surface area (Å²) in [5.74, 6) is 0.503. The molecule has 5 nitrogen and oxygen atoms in total. The lowest BCUT2D eigenvalue weighted by atomic mass is 10.1. The predicted octanol–water partition coefficient (Wildman–Crippen LogP) is 1.20. The molecule has 2 N–H and O–H groups in total. The highest BCUT2D eigenvalue weighted by atomic mass is 79.9. The highest BCUT2D eigenvalue weighted by molar-refractivity contribution is 9.10. The van der Waals surface area contributed by atoms with Crippen molar-refractivity contribution < 1.29 is 4.79 Å². The zero-order chi connectivity index (χ0) is 14.7. The third kappa shape index (κ3) is 3.49. The molecule has 2 heterocycles. The Morgan fingerprint density at radius 2 is 2.25 bits per heavy atom. The standard InChI is InChI=1S/C14H20BrN3O2/c1-10-6-11(7-16)8-18(10)14(20)4-5-17-9-12(15)2-3-13(17)19/h2-3,9-11H,4-8,16H2,1H3. The summed E-state index contributed by atoms with van der Waals surface area (Å²) in [4.78, 5) is 25.8. The quantitative estimate of drug-likeness (QED) is 0.894. The van der Waals surface area contributed by atoms with E-state index in [1.54, 1.807) is 16.8 Å². The lowest BCUT2D eigenvalue weighted by Gasteiger charge is -2.21. The largest absolute Gasteiger partial charge is 0.340 e. The summed E-state index contributed by atoms with van der Waals surface area (Å²) in [5, 5.41) is 0. The van der Waals surface area contributed by atoms with Crippen LogP contribution in [0, 0.1) is 5.92 Å². The molecule has 1 amide bonds. The van der Waals surface area contributed by atoms with Crippen molar-refractivity contribution in [1.29, 1.82) is 0 Å². The molecule has 1 fully saturated rings. The number of pyridine rings is 1. The third-order valence-corrected chi connectivity index (χ3v) is 4.30. The van der Waals surface area contributed by atoms with Crippen molar-refractivity contribution in [2.24, 2.45) is 11.7 Å². The number of aryl methyl sites for hydroxylation is 1. The van der Waals surface area contributed by atoms with Crippen LogP contribution in [0.15, 0.2) is 27.6 Å². The summed E-state index contributed by atoms with van der Waals surface area (Å²) < 4.78 is 2.39. The van der Waals surface area contributed by atoms with Crippen LogP contribution < -0.4 is 11.3 Å². The average Bonchev–Trinajstić information content (AvgIpc) is 2.81. The number of nitrogens with zero attached hydrogens (tertiary/aromatic N) is 2. The van der Waals surface area contributed by atoms with E-state index in [0.717, 1.165) is 17.4 Å². The molecule has 1 aromatic rings. The molecule has 0 bridgehead atoms. The Morgan fingerprint density at radius 3 is 2.90 bits per heavy atom. The number of likely N-dealkylation sites (tertiary alicyclic amines) is 1. The van der Waals surface area contributed by atoms with Crippen molar-refractivity contribution >= 4 is 21.8 Å². The van der Waals surface area contributed by atoms with Gasteiger partial charge in [-0.05, 0) is 47.8 Å². The van der Waals surface area contributed by atoms with Gasteiger partial charge in [-0.15, -0.1) is 0 Å². The molecule has 110 valence electrons. The van der Waals surface area contributed by atoms with E-state index in [1.807, 2.05) is 4.90 Å². The van der Waals surface area contributed by atoms with E-state index >= 15 is 0 Å². The lowest BCUT2D eigenvalue weighted by Crippen LogP contribution is -2.35. The maximum Gasteiger partial charge on any atom is 0.250 e. The number of halogens is 1. The fourth-order valence-electron chi connectivity index (χ4n) is 2.70. The lowest BCUT2D eigenvalue weighted by molar-refractivity contribution is -0.132. The van der Waals surface area contributed by atoms with Crippen LogP contribution >= 0.6 is 15.9 Å². The minimum atomic E-state index is -0.0877. The van der Waals surface area contributed by atoms with Crippen molar-refractivity contribution in [3.8, 4) is 0 Å². The van der Waals surface area contributed by atoms with Crippen molar-refractivity contribution in [3.63, 3.8) is 0 Å². The number of carbonyl (C=O) groups excluding carboxylic acids is 1. The van der Waals surface area contributed by atoms with Gasteiger partial charge in [0.05, 0.1) is 0 Å². The van der Waals surface area contributed by atoms with Gasteiger partial charge in [-0.2, -0.15) is 0 Å². The van der Waals surface area contributed by atoms with Crippen LogP contribution in [0.25, 0.3) is 0 Å². The normalized spacial score (nSPS) is 22.2. The van der Waals surface area contributed by atoms with Gasteiger partial charge in [0, 0.05) is 42.3 Å². The Labute approximate surface area is 126 Å². The summed E-state index contributed by atoms with van der Waals surface area (Å²) in [6.45, 7) is 3.83. The molecule has 2 atom stereocenters. The molecular formula is C14H20BrN3O2. The van der Waals surface area contributed by atoms with E-state index in [4.69, 9.17) is 5.73 Å². The fraction of sp³-hybridized carbons (Fsp3) is 0.571. The summed E-state index contributed by atoms with van der Waals surface area (Å²) in [6, 6.07) is 3.45. The highest BCUT2D eigenvalue weighted by Gasteiger charge is 2.31. The van der Waals surface area contributed by atoms with Crippen LogP contribution in [-0.4, -0.2) is 34.5 Å². The minimum Gasteiger partial charge on any atom is -0.340 e. The van der Waals surface area contributed by atoms with Gasteiger partial charge in [0.2, 0.25) is 5.91 Å². The minimum absolute atomic E-state index is 0.0877. The van der Waals surface area contributed by atoms with Gasteiger partial charge in [-0.1, -0.05) is 0 Å². The van der Waals surface area contributed by atoms with Gasteiger partial charge < -0.3 is 15.2 Å². The second kappa shape index (κ2) is 6.54. The molecular weight excluding hydrogens is 322 g/mol. The molecule has 1 aliphatic rings. The van der Waals surface area contributed by atoms with Crippen LogP contribution in [0.3, 0.4) is 0 Å². The first-order chi connectivity index (χ1) is 9.51. The first-order valence-corrected chi connectivity index (χ1v) is 7.66. The van der Waals surface area contributed by atoms with Gasteiger partial charge in [-0.3, -0.25) is 9.59 Å². The van der Waals surface area contributed by atoms with Crippen LogP contribution in [0.5, 0.6) is 0 Å². The number of amides is 1. The Hall–Kier alpha value is -1.14. The topological polar surface area (TPSA) is 68.3 Å². The number of aromatic nitrogens is 1. The second-order valence-corrected chi connectivity index (χ2v) is 6.28. The van der Waals surface area contributed by atoms with Crippen molar-refractivity contribution in [3.05, 3.63) is 33.2 Å². The van der Waals surface area contributed by atoms with Crippen LogP contribution in [-0.2, 0) is 11.3 Å². The van der Waals surface area contributed by atoms with Gasteiger partial charge in [0.15, 0.2) is 0 Å². The summed E-state index contributed by atoms with van der Waals surface area (Å²) in [7, 11) is 0. The number of nitrogens with two attached hydrogens (primary N) is 1. The zero-order valence-corrected chi connectivity index (χ0v) is 13.2. The van der Waals surface area contributed by atoms with Gasteiger partial charge in [-0.25, -0.2) is 0 Å². The van der Waals surface area contributed by atoms with E-state index in [0.29, 0.717) is 25.4 Å². The van der Waals surface area contributed by atoms with E-state index in [-0.39, 0.29) is 17.5 Å². The molecule has 6 heteroatoms. The molecule has 1 aliphatic heterocycles. The highest BCUT2D eigenvalue weighted by Crippen LogP contribution is 2.22. The maximum atomic E-state index is 12.2. The Morgan fingerprint density at radius 1 is 1.50 bits per heavy atom. The van der Waals surface area contributed by atoms with Crippen molar-refractivity contribution in [2.75, 3.05) is 13.1 Å². The molecule has 20 heavy (non-hydrogen) atoms. The Bertz CT molecular complexity index is 543. The van der Waals surface area contributed by atoms with E-state index < -0.39 is 0 Å². The zero-order valence-electron chi connectivity index (χ0n) is 11.6. The number of rotatable bonds is 4. The molecule has 0 spiro atoms. The monoisotopic (exact) mass is 341 g/mol. The summed E-state index contributed by atoms with van der Waals surface area (Å²) >= 11 is 3.33. The second-order valence-electron chi connectivity index (χ2n) is 5.36. The fourth-order valence-corrected chi connectivity index (χ4v) is 3.08. The molecule has 0 saturated carbocycles. The third-order valence-electron chi connectivity index (χ3n) is 3.83. The predicted molar refractivity (Wildman–Crippen MR) is 81.4 cm³/mol. The number of hydrogen-bond donors (Lipinski definition) is 1. The molecule has 0 aliphatic carbocycles. The molecule has 1 saturated heterocycles. The summed E-state index contributed by atoms with van der Waals surface area (Å²) in [5.41, 5.74) is 5.58. The summed E-state index contributed by atoms with van der Waals surface area (Å²) in [6.07, 6.45) is 3.03. The van der Waals surface area contributed by atoms with E-state index in [9.17, 15) is 9.59 Å². The number of hydrogen-bond acceptors (Lipinski definition) is 3. The molecule has 0 radical (unpaired) electrons. The van der Waals surface area contributed by atoms with Crippen LogP contribution in [0.2, 0.25) is 0 Å². The smallest absolute Gasteiger partial charge is 0.250 e. The average molecular weight is 342 g/mol. The van der Waals surface area contributed by atoms with Crippen molar-refractivity contribution in [1.82, 2.24) is 9.47 Å². The van der Waals surface area contributed by atoms with Gasteiger partial charge in [0.1, 0.15) is 0 Å². The maximum absolute atomic E-state index is 12.2. The molecule has 1 aromatic heterocycles. The van der Waals surface area contributed by atoms with Gasteiger partial charge in [0.25, 0.3) is 5.56 Å². The molecule has 0 aromatic carbocycles. The van der Waals surface area contributed by atoms with E-state index in [1.165, 1.54) is 6.07 Å². The van der Waals surface area contributed by atoms with Crippen LogP contribution in [0.4, 0.5) is 0 Å². The van der Waals surface area contributed by atoms with Crippen molar-refractivity contribution in [2.45, 2.75) is 32.4 Å². The van der Waals surface area contributed by atoms with E-state index in [2.05, 4.69) is 22.9 Å². The Balaban J connectivity index is 1.95. The SMILES string of the molecule is CC1CC(CN)CN1C(=O)CCn1cc(Br)ccc1=O. The first-order valence-electron chi connectivity index (χ1n) is 6.86. The molecule has 2 rings (SSSR count). The Kier molecular flexibility index (Phi) is 4.99. The number of carbonyl (C=O) groups is 1. The first kappa shape index (κ1) is 15.3.